The Morgan fingerprint density at radius 3 is 1.90 bits per heavy atom. The molecule has 160 valence electrons. The summed E-state index contributed by atoms with van der Waals surface area (Å²) in [5.41, 5.74) is 1.19. The second-order valence-corrected chi connectivity index (χ2v) is 9.82. The molecular formula is C23H38N6. The molecule has 2 aliphatic heterocycles. The lowest BCUT2D eigenvalue weighted by molar-refractivity contribution is 0.283. The van der Waals surface area contributed by atoms with E-state index in [1.54, 1.807) is 0 Å². The van der Waals surface area contributed by atoms with Gasteiger partial charge >= 0.3 is 0 Å². The van der Waals surface area contributed by atoms with Crippen LogP contribution >= 0.6 is 0 Å². The maximum atomic E-state index is 5.12. The van der Waals surface area contributed by atoms with Crippen LogP contribution in [-0.4, -0.2) is 84.2 Å². The minimum Gasteiger partial charge on any atom is -0.355 e. The first kappa shape index (κ1) is 19.6. The molecule has 4 fully saturated rings. The highest BCUT2D eigenvalue weighted by molar-refractivity contribution is 5.47. The number of rotatable bonds is 5. The van der Waals surface area contributed by atoms with Crippen LogP contribution in [0.25, 0.3) is 0 Å². The van der Waals surface area contributed by atoms with Crippen LogP contribution in [0.4, 0.5) is 11.8 Å². The van der Waals surface area contributed by atoms with Crippen molar-refractivity contribution in [1.29, 1.82) is 0 Å². The highest BCUT2D eigenvalue weighted by Gasteiger charge is 2.32. The molecular weight excluding hydrogens is 360 g/mol. The van der Waals surface area contributed by atoms with Gasteiger partial charge in [-0.3, -0.25) is 9.80 Å². The molecule has 0 bridgehead atoms. The summed E-state index contributed by atoms with van der Waals surface area (Å²) in [4.78, 5) is 20.5. The number of nitrogens with zero attached hydrogens (tertiary/aromatic N) is 6. The smallest absolute Gasteiger partial charge is 0.227 e. The quantitative estimate of drug-likeness (QED) is 0.759. The van der Waals surface area contributed by atoms with Crippen molar-refractivity contribution >= 4 is 11.8 Å². The summed E-state index contributed by atoms with van der Waals surface area (Å²) in [6.07, 6.45) is 8.07. The van der Waals surface area contributed by atoms with E-state index >= 15 is 0 Å². The number of hydrogen-bond donors (Lipinski definition) is 0. The summed E-state index contributed by atoms with van der Waals surface area (Å²) >= 11 is 0. The van der Waals surface area contributed by atoms with Gasteiger partial charge in [-0.2, -0.15) is 4.98 Å². The molecule has 2 saturated heterocycles. The van der Waals surface area contributed by atoms with Crippen molar-refractivity contribution in [3.05, 3.63) is 11.8 Å². The summed E-state index contributed by atoms with van der Waals surface area (Å²) in [6, 6.07) is 3.99. The van der Waals surface area contributed by atoms with Gasteiger partial charge < -0.3 is 9.80 Å². The largest absolute Gasteiger partial charge is 0.355 e. The van der Waals surface area contributed by atoms with Crippen molar-refractivity contribution in [1.82, 2.24) is 19.8 Å². The highest BCUT2D eigenvalue weighted by atomic mass is 15.3. The lowest BCUT2D eigenvalue weighted by Crippen LogP contribution is -2.34. The van der Waals surface area contributed by atoms with Crippen molar-refractivity contribution in [2.75, 3.05) is 62.2 Å². The van der Waals surface area contributed by atoms with E-state index in [2.05, 4.69) is 39.5 Å². The Kier molecular flexibility index (Phi) is 5.65. The molecule has 6 nitrogen and oxygen atoms in total. The van der Waals surface area contributed by atoms with Crippen LogP contribution < -0.4 is 9.80 Å². The van der Waals surface area contributed by atoms with E-state index in [9.17, 15) is 0 Å². The van der Waals surface area contributed by atoms with Crippen LogP contribution in [0.5, 0.6) is 0 Å². The summed E-state index contributed by atoms with van der Waals surface area (Å²) in [7, 11) is 0. The van der Waals surface area contributed by atoms with E-state index in [0.717, 1.165) is 56.6 Å². The number of hydrogen-bond acceptors (Lipinski definition) is 6. The number of anilines is 2. The Labute approximate surface area is 176 Å². The maximum absolute atomic E-state index is 5.12. The Hall–Kier alpha value is -1.40. The molecule has 0 atom stereocenters. The summed E-state index contributed by atoms with van der Waals surface area (Å²) in [5.74, 6) is 2.55. The Morgan fingerprint density at radius 1 is 0.724 bits per heavy atom. The molecule has 4 aliphatic rings. The topological polar surface area (TPSA) is 38.7 Å². The van der Waals surface area contributed by atoms with Gasteiger partial charge in [0, 0.05) is 70.5 Å². The highest BCUT2D eigenvalue weighted by Crippen LogP contribution is 2.30. The van der Waals surface area contributed by atoms with Gasteiger partial charge in [0.15, 0.2) is 0 Å². The van der Waals surface area contributed by atoms with Gasteiger partial charge in [-0.15, -0.1) is 0 Å². The summed E-state index contributed by atoms with van der Waals surface area (Å²) < 4.78 is 0. The third-order valence-corrected chi connectivity index (χ3v) is 7.11. The lowest BCUT2D eigenvalue weighted by atomic mass is 10.1. The van der Waals surface area contributed by atoms with Crippen molar-refractivity contribution < 1.29 is 0 Å². The molecule has 29 heavy (non-hydrogen) atoms. The molecule has 6 heteroatoms. The fraction of sp³-hybridized carbons (Fsp3) is 0.826. The van der Waals surface area contributed by atoms with E-state index in [1.807, 2.05) is 0 Å². The van der Waals surface area contributed by atoms with E-state index < -0.39 is 0 Å². The second kappa shape index (κ2) is 8.38. The molecule has 1 aromatic rings. The first-order chi connectivity index (χ1) is 14.2. The fourth-order valence-corrected chi connectivity index (χ4v) is 4.95. The number of aromatic nitrogens is 2. The van der Waals surface area contributed by atoms with Crippen LogP contribution in [0, 0.1) is 0 Å². The average Bonchev–Trinajstić information content (AvgIpc) is 3.61. The molecule has 2 saturated carbocycles. The molecule has 0 spiro atoms. The van der Waals surface area contributed by atoms with Crippen LogP contribution in [0.3, 0.4) is 0 Å². The molecule has 5 rings (SSSR count). The lowest BCUT2D eigenvalue weighted by Gasteiger charge is -2.27. The van der Waals surface area contributed by atoms with E-state index in [0.29, 0.717) is 5.92 Å². The molecule has 0 unspecified atom stereocenters. The normalized spacial score (nSPS) is 25.3. The monoisotopic (exact) mass is 398 g/mol. The average molecular weight is 399 g/mol. The zero-order chi connectivity index (χ0) is 19.8. The minimum atomic E-state index is 0.431. The van der Waals surface area contributed by atoms with E-state index in [-0.39, 0.29) is 0 Å². The molecule has 1 aromatic heterocycles. The predicted molar refractivity (Wildman–Crippen MR) is 119 cm³/mol. The molecule has 2 aliphatic carbocycles. The first-order valence-electron chi connectivity index (χ1n) is 12.0. The van der Waals surface area contributed by atoms with Crippen LogP contribution in [-0.2, 0) is 0 Å². The minimum absolute atomic E-state index is 0.431. The van der Waals surface area contributed by atoms with E-state index in [4.69, 9.17) is 9.97 Å². The first-order valence-corrected chi connectivity index (χ1v) is 12.0. The van der Waals surface area contributed by atoms with Gasteiger partial charge in [-0.1, -0.05) is 13.8 Å². The van der Waals surface area contributed by atoms with Gasteiger partial charge in [0.1, 0.15) is 5.82 Å². The molecule has 3 heterocycles. The van der Waals surface area contributed by atoms with Crippen LogP contribution in [0.1, 0.15) is 64.0 Å². The third kappa shape index (κ3) is 4.69. The molecule has 0 radical (unpaired) electrons. The standard InChI is InChI=1S/C23H38N6/c1-18(2)21-17-22(28-11-3-9-26(13-15-28)19-5-6-19)25-23(24-21)29-12-4-10-27(14-16-29)20-7-8-20/h17-20H,3-16H2,1-2H3. The van der Waals surface area contributed by atoms with Gasteiger partial charge in [0.2, 0.25) is 5.95 Å². The van der Waals surface area contributed by atoms with Gasteiger partial charge in [0.25, 0.3) is 0 Å². The third-order valence-electron chi connectivity index (χ3n) is 7.11. The summed E-state index contributed by atoms with van der Waals surface area (Å²) in [5, 5.41) is 0. The molecule has 0 N–H and O–H groups in total. The Morgan fingerprint density at radius 2 is 1.31 bits per heavy atom. The van der Waals surface area contributed by atoms with E-state index in [1.165, 1.54) is 63.9 Å². The van der Waals surface area contributed by atoms with Gasteiger partial charge in [-0.05, 0) is 44.4 Å². The van der Waals surface area contributed by atoms with Crippen molar-refractivity contribution in [3.8, 4) is 0 Å². The van der Waals surface area contributed by atoms with Crippen molar-refractivity contribution in [2.24, 2.45) is 0 Å². The zero-order valence-electron chi connectivity index (χ0n) is 18.4. The zero-order valence-corrected chi connectivity index (χ0v) is 18.4. The van der Waals surface area contributed by atoms with Crippen LogP contribution in [0.15, 0.2) is 6.07 Å². The fourth-order valence-electron chi connectivity index (χ4n) is 4.95. The van der Waals surface area contributed by atoms with Gasteiger partial charge in [-0.25, -0.2) is 4.98 Å². The Balaban J connectivity index is 1.34. The molecule has 0 amide bonds. The van der Waals surface area contributed by atoms with Crippen molar-refractivity contribution in [2.45, 2.75) is 70.4 Å². The van der Waals surface area contributed by atoms with Crippen LogP contribution in [0.2, 0.25) is 0 Å². The maximum Gasteiger partial charge on any atom is 0.227 e. The SMILES string of the molecule is CC(C)c1cc(N2CCCN(C3CC3)CC2)nc(N2CCCN(C3CC3)CC2)n1. The Bertz CT molecular complexity index is 646. The predicted octanol–water partition coefficient (Wildman–Crippen LogP) is 2.95. The summed E-state index contributed by atoms with van der Waals surface area (Å²) in [6.45, 7) is 13.7. The van der Waals surface area contributed by atoms with Gasteiger partial charge in [0.05, 0.1) is 5.69 Å². The second-order valence-electron chi connectivity index (χ2n) is 9.82. The van der Waals surface area contributed by atoms with Crippen molar-refractivity contribution in [3.63, 3.8) is 0 Å². The molecule has 0 aromatic carbocycles.